The van der Waals surface area contributed by atoms with Crippen LogP contribution in [0.5, 0.6) is 0 Å². The lowest BCUT2D eigenvalue weighted by molar-refractivity contribution is 0.677. The molecule has 2 rings (SSSR count). The van der Waals surface area contributed by atoms with Crippen molar-refractivity contribution in [2.45, 2.75) is 50.1 Å². The van der Waals surface area contributed by atoms with E-state index in [1.54, 1.807) is 11.8 Å². The summed E-state index contributed by atoms with van der Waals surface area (Å²) in [7, 11) is 2.00. The third-order valence-electron chi connectivity index (χ3n) is 3.51. The number of hydrogen-bond donors (Lipinski definition) is 1. The van der Waals surface area contributed by atoms with Gasteiger partial charge in [-0.2, -0.15) is 5.10 Å². The summed E-state index contributed by atoms with van der Waals surface area (Å²) in [5, 5.41) is 5.74. The Hall–Kier alpha value is -1.26. The molecule has 0 bridgehead atoms. The van der Waals surface area contributed by atoms with Crippen LogP contribution in [0, 0.1) is 20.8 Å². The van der Waals surface area contributed by atoms with E-state index in [0.29, 0.717) is 0 Å². The van der Waals surface area contributed by atoms with E-state index in [-0.39, 0.29) is 6.04 Å². The van der Waals surface area contributed by atoms with Gasteiger partial charge in [-0.3, -0.25) is 4.68 Å². The molecule has 0 spiro atoms. The molecule has 0 aliphatic carbocycles. The number of nitrogens with two attached hydrogens (primary N) is 1. The number of aromatic nitrogens is 2. The van der Waals surface area contributed by atoms with Crippen molar-refractivity contribution in [1.82, 2.24) is 9.78 Å². The third-order valence-corrected chi connectivity index (χ3v) is 4.70. The zero-order valence-electron chi connectivity index (χ0n) is 12.9. The number of nitrogens with zero attached hydrogens (tertiary/aromatic N) is 2. The highest BCUT2D eigenvalue weighted by atomic mass is 32.2. The Morgan fingerprint density at radius 2 is 1.95 bits per heavy atom. The Morgan fingerprint density at radius 3 is 2.55 bits per heavy atom. The van der Waals surface area contributed by atoms with Crippen molar-refractivity contribution in [3.8, 4) is 0 Å². The van der Waals surface area contributed by atoms with Crippen molar-refractivity contribution in [3.05, 3.63) is 40.6 Å². The lowest BCUT2D eigenvalue weighted by Gasteiger charge is -2.10. The average molecular weight is 289 g/mol. The minimum absolute atomic E-state index is 0.150. The minimum Gasteiger partial charge on any atom is -0.328 e. The van der Waals surface area contributed by atoms with Gasteiger partial charge >= 0.3 is 0 Å². The molecule has 0 saturated carbocycles. The van der Waals surface area contributed by atoms with Crippen molar-refractivity contribution < 1.29 is 0 Å². The van der Waals surface area contributed by atoms with Crippen LogP contribution >= 0.6 is 11.8 Å². The van der Waals surface area contributed by atoms with Crippen LogP contribution in [-0.4, -0.2) is 15.8 Å². The van der Waals surface area contributed by atoms with Gasteiger partial charge in [0.05, 0.1) is 5.69 Å². The van der Waals surface area contributed by atoms with E-state index in [0.717, 1.165) is 12.1 Å². The molecule has 0 aliphatic heterocycles. The van der Waals surface area contributed by atoms with Gasteiger partial charge in [-0.1, -0.05) is 17.8 Å². The Bertz CT molecular complexity index is 614. The van der Waals surface area contributed by atoms with Crippen molar-refractivity contribution in [3.63, 3.8) is 0 Å². The molecular weight excluding hydrogens is 266 g/mol. The maximum Gasteiger partial charge on any atom is 0.102 e. The standard InChI is InChI=1S/C16H23N3S/c1-10-6-7-14(8-11(10)2)20-16-15(9-12(3)17)13(4)18-19(16)5/h6-8,12H,9,17H2,1-5H3. The van der Waals surface area contributed by atoms with Gasteiger partial charge in [-0.05, 0) is 57.4 Å². The molecule has 0 saturated heterocycles. The summed E-state index contributed by atoms with van der Waals surface area (Å²) < 4.78 is 1.97. The normalized spacial score (nSPS) is 12.7. The number of rotatable bonds is 4. The lowest BCUT2D eigenvalue weighted by Crippen LogP contribution is -2.18. The molecule has 0 amide bonds. The first-order chi connectivity index (χ1) is 9.38. The molecule has 1 atom stereocenters. The monoisotopic (exact) mass is 289 g/mol. The van der Waals surface area contributed by atoms with Gasteiger partial charge in [-0.15, -0.1) is 0 Å². The number of aryl methyl sites for hydroxylation is 4. The van der Waals surface area contributed by atoms with Crippen LogP contribution in [-0.2, 0) is 13.5 Å². The van der Waals surface area contributed by atoms with Crippen molar-refractivity contribution in [2.24, 2.45) is 12.8 Å². The first-order valence-corrected chi connectivity index (χ1v) is 7.73. The van der Waals surface area contributed by atoms with Crippen LogP contribution in [0.2, 0.25) is 0 Å². The van der Waals surface area contributed by atoms with Crippen LogP contribution in [0.4, 0.5) is 0 Å². The summed E-state index contributed by atoms with van der Waals surface area (Å²) in [6.07, 6.45) is 0.868. The molecule has 1 unspecified atom stereocenters. The van der Waals surface area contributed by atoms with Crippen molar-refractivity contribution >= 4 is 11.8 Å². The summed E-state index contributed by atoms with van der Waals surface area (Å²) >= 11 is 1.77. The Labute approximate surface area is 125 Å². The third kappa shape index (κ3) is 3.25. The zero-order valence-corrected chi connectivity index (χ0v) is 13.7. The van der Waals surface area contributed by atoms with Crippen molar-refractivity contribution in [1.29, 1.82) is 0 Å². The van der Waals surface area contributed by atoms with E-state index >= 15 is 0 Å². The van der Waals surface area contributed by atoms with Crippen LogP contribution in [0.1, 0.15) is 29.3 Å². The molecule has 2 N–H and O–H groups in total. The lowest BCUT2D eigenvalue weighted by atomic mass is 10.1. The fourth-order valence-corrected chi connectivity index (χ4v) is 3.38. The van der Waals surface area contributed by atoms with E-state index < -0.39 is 0 Å². The highest BCUT2D eigenvalue weighted by Crippen LogP contribution is 2.33. The molecular formula is C16H23N3S. The fourth-order valence-electron chi connectivity index (χ4n) is 2.25. The molecule has 1 heterocycles. The predicted molar refractivity (Wildman–Crippen MR) is 85.3 cm³/mol. The summed E-state index contributed by atoms with van der Waals surface area (Å²) in [5.74, 6) is 0. The molecule has 3 nitrogen and oxygen atoms in total. The van der Waals surface area contributed by atoms with Gasteiger partial charge in [0.15, 0.2) is 0 Å². The second-order valence-electron chi connectivity index (χ2n) is 5.52. The zero-order chi connectivity index (χ0) is 14.9. The summed E-state index contributed by atoms with van der Waals surface area (Å²) in [4.78, 5) is 1.25. The number of benzene rings is 1. The SMILES string of the molecule is Cc1ccc(Sc2c(CC(C)N)c(C)nn2C)cc1C. The number of hydrogen-bond acceptors (Lipinski definition) is 3. The topological polar surface area (TPSA) is 43.8 Å². The van der Waals surface area contributed by atoms with Crippen LogP contribution < -0.4 is 5.73 Å². The van der Waals surface area contributed by atoms with Crippen LogP contribution in [0.25, 0.3) is 0 Å². The molecule has 1 aromatic heterocycles. The van der Waals surface area contributed by atoms with Gasteiger partial charge in [0.1, 0.15) is 5.03 Å². The summed E-state index contributed by atoms with van der Waals surface area (Å²) in [6.45, 7) is 8.38. The van der Waals surface area contributed by atoms with Gasteiger partial charge in [-0.25, -0.2) is 0 Å². The maximum absolute atomic E-state index is 5.96. The summed E-state index contributed by atoms with van der Waals surface area (Å²) in [6, 6.07) is 6.73. The quantitative estimate of drug-likeness (QED) is 0.938. The summed E-state index contributed by atoms with van der Waals surface area (Å²) in [5.41, 5.74) is 11.0. The van der Waals surface area contributed by atoms with Crippen LogP contribution in [0.15, 0.2) is 28.1 Å². The minimum atomic E-state index is 0.150. The Morgan fingerprint density at radius 1 is 1.25 bits per heavy atom. The average Bonchev–Trinajstić information content (AvgIpc) is 2.60. The van der Waals surface area contributed by atoms with Gasteiger partial charge in [0, 0.05) is 23.5 Å². The molecule has 108 valence electrons. The van der Waals surface area contributed by atoms with Crippen LogP contribution in [0.3, 0.4) is 0 Å². The molecule has 0 radical (unpaired) electrons. The van der Waals surface area contributed by atoms with Gasteiger partial charge in [0.2, 0.25) is 0 Å². The maximum atomic E-state index is 5.96. The highest BCUT2D eigenvalue weighted by Gasteiger charge is 2.16. The second kappa shape index (κ2) is 6.02. The Balaban J connectivity index is 2.34. The Kier molecular flexibility index (Phi) is 4.55. The van der Waals surface area contributed by atoms with E-state index in [2.05, 4.69) is 44.1 Å². The molecule has 1 aromatic carbocycles. The molecule has 0 fully saturated rings. The van der Waals surface area contributed by atoms with E-state index in [1.165, 1.54) is 26.6 Å². The molecule has 0 aliphatic rings. The van der Waals surface area contributed by atoms with Crippen molar-refractivity contribution in [2.75, 3.05) is 0 Å². The fraction of sp³-hybridized carbons (Fsp3) is 0.438. The molecule has 20 heavy (non-hydrogen) atoms. The van der Waals surface area contributed by atoms with Gasteiger partial charge < -0.3 is 5.73 Å². The predicted octanol–water partition coefficient (Wildman–Crippen LogP) is 3.39. The highest BCUT2D eigenvalue weighted by molar-refractivity contribution is 7.99. The van der Waals surface area contributed by atoms with Gasteiger partial charge in [0.25, 0.3) is 0 Å². The smallest absolute Gasteiger partial charge is 0.102 e. The second-order valence-corrected chi connectivity index (χ2v) is 6.58. The molecule has 4 heteroatoms. The first kappa shape index (κ1) is 15.1. The molecule has 2 aromatic rings. The van der Waals surface area contributed by atoms with E-state index in [1.807, 2.05) is 18.7 Å². The van der Waals surface area contributed by atoms with E-state index in [4.69, 9.17) is 5.73 Å². The largest absolute Gasteiger partial charge is 0.328 e. The first-order valence-electron chi connectivity index (χ1n) is 6.91. The van der Waals surface area contributed by atoms with E-state index in [9.17, 15) is 0 Å².